The lowest BCUT2D eigenvalue weighted by Crippen LogP contribution is -2.32. The number of carbonyl (C=O) groups is 2. The van der Waals surface area contributed by atoms with Crippen molar-refractivity contribution in [1.29, 1.82) is 0 Å². The van der Waals surface area contributed by atoms with Crippen molar-refractivity contribution in [3.8, 4) is 0 Å². The molecule has 2 amide bonds. The maximum atomic E-state index is 11.8. The van der Waals surface area contributed by atoms with E-state index in [4.69, 9.17) is 12.2 Å². The quantitative estimate of drug-likeness (QED) is 0.651. The molecule has 0 unspecified atom stereocenters. The molecule has 0 aliphatic heterocycles. The Morgan fingerprint density at radius 1 is 1.17 bits per heavy atom. The highest BCUT2D eigenvalue weighted by Gasteiger charge is 2.08. The first-order valence-corrected chi connectivity index (χ1v) is 8.40. The standard InChI is InChI=1S/C17H17N3O2S2/c1-20(2)16(22)12-5-7-13(8-6-12)18-17(23)19-15(21)10-9-14-4-3-11-24-14/h3-11H,1-2H3,(H2,18,19,21,23)/b10-9+. The van der Waals surface area contributed by atoms with Gasteiger partial charge in [-0.2, -0.15) is 0 Å². The first-order valence-electron chi connectivity index (χ1n) is 7.11. The molecular formula is C17H17N3O2S2. The normalized spacial score (nSPS) is 10.4. The van der Waals surface area contributed by atoms with Crippen molar-refractivity contribution in [3.63, 3.8) is 0 Å². The number of hydrogen-bond donors (Lipinski definition) is 2. The SMILES string of the molecule is CN(C)C(=O)c1ccc(NC(=S)NC(=O)/C=C/c2cccs2)cc1. The minimum Gasteiger partial charge on any atom is -0.345 e. The molecule has 1 aromatic carbocycles. The molecule has 5 nitrogen and oxygen atoms in total. The van der Waals surface area contributed by atoms with Crippen LogP contribution >= 0.6 is 23.6 Å². The van der Waals surface area contributed by atoms with Gasteiger partial charge in [0, 0.05) is 36.3 Å². The number of hydrogen-bond acceptors (Lipinski definition) is 4. The Morgan fingerprint density at radius 3 is 2.46 bits per heavy atom. The largest absolute Gasteiger partial charge is 0.345 e. The third-order valence-electron chi connectivity index (χ3n) is 2.97. The van der Waals surface area contributed by atoms with Crippen LogP contribution in [0.2, 0.25) is 0 Å². The van der Waals surface area contributed by atoms with Gasteiger partial charge in [-0.1, -0.05) is 6.07 Å². The van der Waals surface area contributed by atoms with Crippen LogP contribution in [0.25, 0.3) is 6.08 Å². The molecule has 0 radical (unpaired) electrons. The van der Waals surface area contributed by atoms with Gasteiger partial charge in [0.25, 0.3) is 5.91 Å². The van der Waals surface area contributed by atoms with Crippen LogP contribution in [0.3, 0.4) is 0 Å². The zero-order chi connectivity index (χ0) is 17.5. The summed E-state index contributed by atoms with van der Waals surface area (Å²) < 4.78 is 0. The Labute approximate surface area is 150 Å². The van der Waals surface area contributed by atoms with E-state index in [1.165, 1.54) is 11.0 Å². The number of rotatable bonds is 4. The fourth-order valence-corrected chi connectivity index (χ4v) is 2.65. The highest BCUT2D eigenvalue weighted by molar-refractivity contribution is 7.80. The first kappa shape index (κ1) is 17.8. The van der Waals surface area contributed by atoms with Crippen LogP contribution in [0.5, 0.6) is 0 Å². The van der Waals surface area contributed by atoms with Gasteiger partial charge in [-0.15, -0.1) is 11.3 Å². The molecule has 24 heavy (non-hydrogen) atoms. The van der Waals surface area contributed by atoms with Crippen LogP contribution in [0, 0.1) is 0 Å². The number of amides is 2. The predicted octanol–water partition coefficient (Wildman–Crippen LogP) is 2.98. The molecule has 0 saturated carbocycles. The predicted molar refractivity (Wildman–Crippen MR) is 102 cm³/mol. The number of nitrogens with one attached hydrogen (secondary N) is 2. The molecule has 0 atom stereocenters. The molecule has 1 heterocycles. The summed E-state index contributed by atoms with van der Waals surface area (Å²) in [5, 5.41) is 7.61. The fourth-order valence-electron chi connectivity index (χ4n) is 1.81. The Morgan fingerprint density at radius 2 is 1.88 bits per heavy atom. The van der Waals surface area contributed by atoms with Gasteiger partial charge in [0.15, 0.2) is 5.11 Å². The van der Waals surface area contributed by atoms with E-state index in [0.717, 1.165) is 4.88 Å². The van der Waals surface area contributed by atoms with E-state index in [1.807, 2.05) is 17.5 Å². The Bertz CT molecular complexity index is 751. The molecule has 7 heteroatoms. The number of anilines is 1. The lowest BCUT2D eigenvalue weighted by molar-refractivity contribution is -0.115. The summed E-state index contributed by atoms with van der Waals surface area (Å²) in [5.41, 5.74) is 1.28. The number of benzene rings is 1. The lowest BCUT2D eigenvalue weighted by atomic mass is 10.2. The van der Waals surface area contributed by atoms with E-state index < -0.39 is 0 Å². The Balaban J connectivity index is 1.88. The molecule has 2 aromatic rings. The third kappa shape index (κ3) is 5.29. The number of carbonyl (C=O) groups excluding carboxylic acids is 2. The molecule has 0 bridgehead atoms. The lowest BCUT2D eigenvalue weighted by Gasteiger charge is -2.11. The third-order valence-corrected chi connectivity index (χ3v) is 4.02. The minimum atomic E-state index is -0.305. The van der Waals surface area contributed by atoms with Crippen molar-refractivity contribution in [2.45, 2.75) is 0 Å². The summed E-state index contributed by atoms with van der Waals surface area (Å²) in [6.45, 7) is 0. The van der Waals surface area contributed by atoms with Crippen LogP contribution in [0.1, 0.15) is 15.2 Å². The Hall–Kier alpha value is -2.51. The molecule has 0 saturated heterocycles. The smallest absolute Gasteiger partial charge is 0.253 e. The van der Waals surface area contributed by atoms with Crippen molar-refractivity contribution in [2.75, 3.05) is 19.4 Å². The molecule has 0 spiro atoms. The van der Waals surface area contributed by atoms with Crippen molar-refractivity contribution >= 4 is 52.2 Å². The monoisotopic (exact) mass is 359 g/mol. The van der Waals surface area contributed by atoms with E-state index in [2.05, 4.69) is 10.6 Å². The van der Waals surface area contributed by atoms with E-state index in [1.54, 1.807) is 55.8 Å². The summed E-state index contributed by atoms with van der Waals surface area (Å²) in [6.07, 6.45) is 3.16. The molecular weight excluding hydrogens is 342 g/mol. The molecule has 0 aliphatic rings. The minimum absolute atomic E-state index is 0.0730. The summed E-state index contributed by atoms with van der Waals surface area (Å²) in [5.74, 6) is -0.378. The fraction of sp³-hybridized carbons (Fsp3) is 0.118. The number of thiophene rings is 1. The van der Waals surface area contributed by atoms with Gasteiger partial charge in [-0.05, 0) is 54.0 Å². The molecule has 0 fully saturated rings. The van der Waals surface area contributed by atoms with Crippen molar-refractivity contribution in [3.05, 3.63) is 58.3 Å². The summed E-state index contributed by atoms with van der Waals surface area (Å²) >= 11 is 6.65. The van der Waals surface area contributed by atoms with E-state index >= 15 is 0 Å². The average Bonchev–Trinajstić information content (AvgIpc) is 3.06. The average molecular weight is 359 g/mol. The van der Waals surface area contributed by atoms with Crippen molar-refractivity contribution in [2.24, 2.45) is 0 Å². The number of nitrogens with zero attached hydrogens (tertiary/aromatic N) is 1. The van der Waals surface area contributed by atoms with Gasteiger partial charge in [-0.3, -0.25) is 14.9 Å². The van der Waals surface area contributed by atoms with Crippen molar-refractivity contribution in [1.82, 2.24) is 10.2 Å². The van der Waals surface area contributed by atoms with Gasteiger partial charge in [-0.25, -0.2) is 0 Å². The van der Waals surface area contributed by atoms with Gasteiger partial charge in [0.1, 0.15) is 0 Å². The van der Waals surface area contributed by atoms with Crippen molar-refractivity contribution < 1.29 is 9.59 Å². The maximum Gasteiger partial charge on any atom is 0.253 e. The second-order valence-electron chi connectivity index (χ2n) is 5.07. The van der Waals surface area contributed by atoms with Crippen LogP contribution in [-0.4, -0.2) is 35.9 Å². The van der Waals surface area contributed by atoms with Crippen LogP contribution in [0.4, 0.5) is 5.69 Å². The number of thiocarbonyl (C=S) groups is 1. The molecule has 0 aliphatic carbocycles. The van der Waals surface area contributed by atoms with Gasteiger partial charge >= 0.3 is 0 Å². The van der Waals surface area contributed by atoms with Gasteiger partial charge in [0.2, 0.25) is 5.91 Å². The summed E-state index contributed by atoms with van der Waals surface area (Å²) in [7, 11) is 3.39. The first-order chi connectivity index (χ1) is 11.5. The zero-order valence-electron chi connectivity index (χ0n) is 13.3. The second kappa shape index (κ2) is 8.37. The zero-order valence-corrected chi connectivity index (χ0v) is 14.9. The summed E-state index contributed by atoms with van der Waals surface area (Å²) in [6, 6.07) is 10.7. The second-order valence-corrected chi connectivity index (χ2v) is 6.46. The van der Waals surface area contributed by atoms with Crippen LogP contribution in [-0.2, 0) is 4.79 Å². The van der Waals surface area contributed by atoms with E-state index in [0.29, 0.717) is 11.3 Å². The molecule has 2 rings (SSSR count). The van der Waals surface area contributed by atoms with E-state index in [9.17, 15) is 9.59 Å². The van der Waals surface area contributed by atoms with E-state index in [-0.39, 0.29) is 16.9 Å². The van der Waals surface area contributed by atoms with Crippen LogP contribution in [0.15, 0.2) is 47.9 Å². The van der Waals surface area contributed by atoms with Crippen LogP contribution < -0.4 is 10.6 Å². The highest BCUT2D eigenvalue weighted by atomic mass is 32.1. The molecule has 1 aromatic heterocycles. The van der Waals surface area contributed by atoms with Gasteiger partial charge < -0.3 is 10.2 Å². The molecule has 2 N–H and O–H groups in total. The summed E-state index contributed by atoms with van der Waals surface area (Å²) in [4.78, 5) is 26.1. The maximum absolute atomic E-state index is 11.8. The Kier molecular flexibility index (Phi) is 6.22. The molecule has 124 valence electrons. The highest BCUT2D eigenvalue weighted by Crippen LogP contribution is 2.11. The topological polar surface area (TPSA) is 61.4 Å². The van der Waals surface area contributed by atoms with Gasteiger partial charge in [0.05, 0.1) is 0 Å².